The lowest BCUT2D eigenvalue weighted by atomic mass is 9.87. The number of nitrogens with zero attached hydrogens (tertiary/aromatic N) is 3. The smallest absolute Gasteiger partial charge is 0.123 e. The van der Waals surface area contributed by atoms with Crippen LogP contribution >= 0.6 is 0 Å². The summed E-state index contributed by atoms with van der Waals surface area (Å²) in [6, 6.07) is 14.5. The minimum absolute atomic E-state index is 0.125. The van der Waals surface area contributed by atoms with Crippen LogP contribution in [0.1, 0.15) is 26.3 Å². The van der Waals surface area contributed by atoms with Crippen LogP contribution in [-0.2, 0) is 5.41 Å². The zero-order chi connectivity index (χ0) is 15.7. The summed E-state index contributed by atoms with van der Waals surface area (Å²) in [6.45, 7) is 6.55. The van der Waals surface area contributed by atoms with Crippen LogP contribution in [0.5, 0.6) is 0 Å². The average molecular weight is 295 g/mol. The largest absolute Gasteiger partial charge is 0.220 e. The molecule has 2 aromatic carbocycles. The Morgan fingerprint density at radius 3 is 2.14 bits per heavy atom. The van der Waals surface area contributed by atoms with Gasteiger partial charge in [0.25, 0.3) is 0 Å². The van der Waals surface area contributed by atoms with Crippen LogP contribution in [0, 0.1) is 5.82 Å². The molecule has 0 aliphatic carbocycles. The van der Waals surface area contributed by atoms with E-state index in [2.05, 4.69) is 43.2 Å². The fourth-order valence-electron chi connectivity index (χ4n) is 2.26. The van der Waals surface area contributed by atoms with Crippen molar-refractivity contribution in [2.24, 2.45) is 0 Å². The monoisotopic (exact) mass is 295 g/mol. The molecule has 3 rings (SSSR count). The molecule has 0 saturated heterocycles. The first kappa shape index (κ1) is 14.4. The minimum atomic E-state index is -0.256. The fourth-order valence-corrected chi connectivity index (χ4v) is 2.26. The van der Waals surface area contributed by atoms with Gasteiger partial charge < -0.3 is 0 Å². The molecule has 0 bridgehead atoms. The van der Waals surface area contributed by atoms with E-state index in [1.807, 2.05) is 18.3 Å². The van der Waals surface area contributed by atoms with Crippen LogP contribution in [0.4, 0.5) is 4.39 Å². The van der Waals surface area contributed by atoms with Gasteiger partial charge in [-0.3, -0.25) is 0 Å². The Hall–Kier alpha value is -2.49. The number of aromatic nitrogens is 3. The molecule has 22 heavy (non-hydrogen) atoms. The lowest BCUT2D eigenvalue weighted by Crippen LogP contribution is -2.10. The zero-order valence-electron chi connectivity index (χ0n) is 12.9. The maximum absolute atomic E-state index is 13.0. The van der Waals surface area contributed by atoms with Crippen molar-refractivity contribution in [1.82, 2.24) is 15.0 Å². The van der Waals surface area contributed by atoms with Gasteiger partial charge in [0.05, 0.1) is 11.9 Å². The van der Waals surface area contributed by atoms with Crippen LogP contribution < -0.4 is 0 Å². The molecule has 112 valence electrons. The number of rotatable bonds is 2. The summed E-state index contributed by atoms with van der Waals surface area (Å²) in [5, 5.41) is 8.30. The molecule has 4 heteroatoms. The Morgan fingerprint density at radius 1 is 0.909 bits per heavy atom. The van der Waals surface area contributed by atoms with Crippen molar-refractivity contribution in [2.45, 2.75) is 26.2 Å². The summed E-state index contributed by atoms with van der Waals surface area (Å²) in [5.74, 6) is -0.256. The van der Waals surface area contributed by atoms with Gasteiger partial charge in [-0.2, -0.15) is 0 Å². The van der Waals surface area contributed by atoms with Crippen LogP contribution in [0.2, 0.25) is 0 Å². The predicted octanol–water partition coefficient (Wildman–Crippen LogP) is 4.37. The summed E-state index contributed by atoms with van der Waals surface area (Å²) >= 11 is 0. The molecule has 1 aromatic heterocycles. The van der Waals surface area contributed by atoms with Gasteiger partial charge in [-0.15, -0.1) is 5.10 Å². The van der Waals surface area contributed by atoms with E-state index in [-0.39, 0.29) is 11.2 Å². The van der Waals surface area contributed by atoms with E-state index in [0.29, 0.717) is 0 Å². The highest BCUT2D eigenvalue weighted by Gasteiger charge is 2.13. The summed E-state index contributed by atoms with van der Waals surface area (Å²) < 4.78 is 14.7. The normalized spacial score (nSPS) is 11.6. The van der Waals surface area contributed by atoms with Crippen molar-refractivity contribution in [3.8, 4) is 16.9 Å². The molecule has 3 nitrogen and oxygen atoms in total. The number of benzene rings is 2. The quantitative estimate of drug-likeness (QED) is 0.703. The zero-order valence-corrected chi connectivity index (χ0v) is 12.9. The van der Waals surface area contributed by atoms with Crippen molar-refractivity contribution in [3.63, 3.8) is 0 Å². The van der Waals surface area contributed by atoms with Gasteiger partial charge in [0.15, 0.2) is 0 Å². The molecule has 1 heterocycles. The summed E-state index contributed by atoms with van der Waals surface area (Å²) in [7, 11) is 0. The molecule has 0 aliphatic heterocycles. The molecule has 0 atom stereocenters. The first-order valence-electron chi connectivity index (χ1n) is 7.23. The Kier molecular flexibility index (Phi) is 3.53. The Bertz CT molecular complexity index is 765. The van der Waals surface area contributed by atoms with Gasteiger partial charge in [-0.1, -0.05) is 38.1 Å². The molecule has 0 unspecified atom stereocenters. The number of halogens is 1. The van der Waals surface area contributed by atoms with Crippen LogP contribution in [0.15, 0.2) is 54.7 Å². The summed E-state index contributed by atoms with van der Waals surface area (Å²) in [6.07, 6.45) is 1.85. The molecule has 0 saturated carbocycles. The first-order chi connectivity index (χ1) is 10.4. The van der Waals surface area contributed by atoms with Gasteiger partial charge in [0.2, 0.25) is 0 Å². The van der Waals surface area contributed by atoms with Crippen molar-refractivity contribution < 1.29 is 4.39 Å². The van der Waals surface area contributed by atoms with E-state index in [1.54, 1.807) is 16.8 Å². The Labute approximate surface area is 129 Å². The van der Waals surface area contributed by atoms with E-state index >= 15 is 0 Å². The molecule has 3 aromatic rings. The van der Waals surface area contributed by atoms with Crippen molar-refractivity contribution in [1.29, 1.82) is 0 Å². The molecule has 0 aliphatic rings. The molecule has 0 N–H and O–H groups in total. The third-order valence-electron chi connectivity index (χ3n) is 3.63. The maximum atomic E-state index is 13.0. The first-order valence-corrected chi connectivity index (χ1v) is 7.23. The minimum Gasteiger partial charge on any atom is -0.220 e. The third-order valence-corrected chi connectivity index (χ3v) is 3.63. The van der Waals surface area contributed by atoms with Gasteiger partial charge in [0.1, 0.15) is 11.5 Å². The Balaban J connectivity index is 1.89. The van der Waals surface area contributed by atoms with Crippen LogP contribution in [0.3, 0.4) is 0 Å². The lowest BCUT2D eigenvalue weighted by Gasteiger charge is -2.18. The van der Waals surface area contributed by atoms with Gasteiger partial charge in [-0.05, 0) is 47.4 Å². The number of hydrogen-bond acceptors (Lipinski definition) is 2. The van der Waals surface area contributed by atoms with Crippen LogP contribution in [0.25, 0.3) is 16.9 Å². The van der Waals surface area contributed by atoms with Crippen LogP contribution in [-0.4, -0.2) is 15.0 Å². The highest BCUT2D eigenvalue weighted by molar-refractivity contribution is 5.58. The summed E-state index contributed by atoms with van der Waals surface area (Å²) in [5.41, 5.74) is 3.92. The molecule has 0 spiro atoms. The molecule has 0 amide bonds. The predicted molar refractivity (Wildman–Crippen MR) is 85.5 cm³/mol. The van der Waals surface area contributed by atoms with E-state index in [1.165, 1.54) is 17.7 Å². The van der Waals surface area contributed by atoms with Crippen molar-refractivity contribution >= 4 is 0 Å². The van der Waals surface area contributed by atoms with Gasteiger partial charge >= 0.3 is 0 Å². The second-order valence-electron chi connectivity index (χ2n) is 6.35. The van der Waals surface area contributed by atoms with Gasteiger partial charge in [-0.25, -0.2) is 9.07 Å². The lowest BCUT2D eigenvalue weighted by molar-refractivity contribution is 0.590. The fraction of sp³-hybridized carbons (Fsp3) is 0.222. The van der Waals surface area contributed by atoms with Crippen molar-refractivity contribution in [2.75, 3.05) is 0 Å². The molecule has 0 radical (unpaired) electrons. The second kappa shape index (κ2) is 5.37. The second-order valence-corrected chi connectivity index (χ2v) is 6.35. The van der Waals surface area contributed by atoms with E-state index in [0.717, 1.165) is 16.9 Å². The standard InChI is InChI=1S/C18H18FN3/c1-18(2,3)14-6-10-16(11-7-14)22-12-17(20-21-22)13-4-8-15(19)9-5-13/h4-12H,1-3H3. The third kappa shape index (κ3) is 2.91. The number of hydrogen-bond donors (Lipinski definition) is 0. The topological polar surface area (TPSA) is 30.7 Å². The highest BCUT2D eigenvalue weighted by atomic mass is 19.1. The molecule has 0 fully saturated rings. The van der Waals surface area contributed by atoms with E-state index in [4.69, 9.17) is 0 Å². The summed E-state index contributed by atoms with van der Waals surface area (Å²) in [4.78, 5) is 0. The Morgan fingerprint density at radius 2 is 1.55 bits per heavy atom. The highest BCUT2D eigenvalue weighted by Crippen LogP contribution is 2.23. The molecular weight excluding hydrogens is 277 g/mol. The SMILES string of the molecule is CC(C)(C)c1ccc(-n2cc(-c3ccc(F)cc3)nn2)cc1. The molecular formula is C18H18FN3. The van der Waals surface area contributed by atoms with Crippen molar-refractivity contribution in [3.05, 3.63) is 66.1 Å². The van der Waals surface area contributed by atoms with E-state index in [9.17, 15) is 4.39 Å². The van der Waals surface area contributed by atoms with Gasteiger partial charge in [0, 0.05) is 5.56 Å². The maximum Gasteiger partial charge on any atom is 0.123 e. The average Bonchev–Trinajstić information content (AvgIpc) is 2.97. The van der Waals surface area contributed by atoms with E-state index < -0.39 is 0 Å².